The van der Waals surface area contributed by atoms with Crippen molar-refractivity contribution in [3.05, 3.63) is 59.2 Å². The molecule has 1 aliphatic carbocycles. The van der Waals surface area contributed by atoms with Crippen LogP contribution in [-0.4, -0.2) is 42.2 Å². The van der Waals surface area contributed by atoms with Crippen LogP contribution in [-0.2, 0) is 11.2 Å². The molecular formula is C22H24N2O4. The van der Waals surface area contributed by atoms with Crippen LogP contribution >= 0.6 is 0 Å². The van der Waals surface area contributed by atoms with E-state index < -0.39 is 0 Å². The fourth-order valence-corrected chi connectivity index (χ4v) is 3.32. The fraction of sp³-hybridized carbons (Fsp3) is 0.318. The number of amides is 2. The number of ketones is 1. The van der Waals surface area contributed by atoms with E-state index in [9.17, 15) is 14.4 Å². The third-order valence-electron chi connectivity index (χ3n) is 4.86. The molecule has 146 valence electrons. The Labute approximate surface area is 164 Å². The van der Waals surface area contributed by atoms with E-state index in [2.05, 4.69) is 5.32 Å². The van der Waals surface area contributed by atoms with Crippen LogP contribution in [0.15, 0.2) is 42.5 Å². The van der Waals surface area contributed by atoms with Gasteiger partial charge in [-0.1, -0.05) is 12.1 Å². The van der Waals surface area contributed by atoms with E-state index in [1.165, 1.54) is 0 Å². The monoisotopic (exact) mass is 380 g/mol. The average Bonchev–Trinajstić information content (AvgIpc) is 3.09. The van der Waals surface area contributed by atoms with Crippen molar-refractivity contribution in [3.63, 3.8) is 0 Å². The van der Waals surface area contributed by atoms with Crippen molar-refractivity contribution in [1.29, 1.82) is 0 Å². The number of Topliss-reactive ketones (excluding diaryl/α,β-unsaturated/α-hetero) is 1. The number of hydrogen-bond donors (Lipinski definition) is 1. The third-order valence-corrected chi connectivity index (χ3v) is 4.86. The number of rotatable bonds is 7. The number of nitrogens with one attached hydrogen (secondary N) is 1. The summed E-state index contributed by atoms with van der Waals surface area (Å²) in [5, 5.41) is 2.76. The summed E-state index contributed by atoms with van der Waals surface area (Å²) in [7, 11) is 0. The predicted octanol–water partition coefficient (Wildman–Crippen LogP) is 3.32. The molecule has 1 N–H and O–H groups in total. The van der Waals surface area contributed by atoms with Gasteiger partial charge in [-0.25, -0.2) is 0 Å². The molecule has 0 radical (unpaired) electrons. The number of nitrogens with zero attached hydrogens (tertiary/aromatic N) is 1. The largest absolute Gasteiger partial charge is 0.483 e. The molecule has 0 fully saturated rings. The van der Waals surface area contributed by atoms with Gasteiger partial charge in [-0.3, -0.25) is 14.4 Å². The van der Waals surface area contributed by atoms with Gasteiger partial charge in [-0.05, 0) is 50.6 Å². The maximum Gasteiger partial charge on any atom is 0.262 e. The van der Waals surface area contributed by atoms with E-state index in [1.807, 2.05) is 13.8 Å². The normalized spacial score (nSPS) is 12.4. The van der Waals surface area contributed by atoms with Gasteiger partial charge in [-0.15, -0.1) is 0 Å². The summed E-state index contributed by atoms with van der Waals surface area (Å²) >= 11 is 0. The molecule has 2 aromatic carbocycles. The third kappa shape index (κ3) is 4.22. The van der Waals surface area contributed by atoms with Crippen LogP contribution in [0.1, 0.15) is 46.5 Å². The quantitative estimate of drug-likeness (QED) is 0.800. The van der Waals surface area contributed by atoms with Crippen molar-refractivity contribution in [2.75, 3.05) is 25.0 Å². The second kappa shape index (κ2) is 8.69. The molecule has 6 nitrogen and oxygen atoms in total. The van der Waals surface area contributed by atoms with Gasteiger partial charge in [0.15, 0.2) is 12.4 Å². The molecule has 2 aromatic rings. The molecular weight excluding hydrogens is 356 g/mol. The Balaban J connectivity index is 1.57. The topological polar surface area (TPSA) is 75.7 Å². The Morgan fingerprint density at radius 2 is 1.75 bits per heavy atom. The molecule has 0 heterocycles. The summed E-state index contributed by atoms with van der Waals surface area (Å²) in [6.07, 6.45) is 1.13. The molecule has 0 unspecified atom stereocenters. The smallest absolute Gasteiger partial charge is 0.262 e. The molecule has 0 saturated heterocycles. The van der Waals surface area contributed by atoms with Gasteiger partial charge in [0.25, 0.3) is 11.8 Å². The Morgan fingerprint density at radius 3 is 2.43 bits per heavy atom. The van der Waals surface area contributed by atoms with Crippen LogP contribution in [0, 0.1) is 0 Å². The molecule has 0 bridgehead atoms. The zero-order valence-corrected chi connectivity index (χ0v) is 16.2. The van der Waals surface area contributed by atoms with E-state index in [1.54, 1.807) is 47.4 Å². The van der Waals surface area contributed by atoms with Crippen LogP contribution in [0.25, 0.3) is 0 Å². The Morgan fingerprint density at radius 1 is 1.04 bits per heavy atom. The van der Waals surface area contributed by atoms with Crippen LogP contribution in [0.2, 0.25) is 0 Å². The van der Waals surface area contributed by atoms with Crippen molar-refractivity contribution < 1.29 is 19.1 Å². The van der Waals surface area contributed by atoms with Crippen LogP contribution in [0.4, 0.5) is 5.69 Å². The highest BCUT2D eigenvalue weighted by Gasteiger charge is 2.22. The Hall–Kier alpha value is -3.15. The fourth-order valence-electron chi connectivity index (χ4n) is 3.32. The molecule has 0 spiro atoms. The van der Waals surface area contributed by atoms with E-state index in [-0.39, 0.29) is 24.2 Å². The zero-order chi connectivity index (χ0) is 20.1. The van der Waals surface area contributed by atoms with Crippen LogP contribution in [0.5, 0.6) is 5.75 Å². The SMILES string of the molecule is CCN(CC)C(=O)c1ccc(NC(=O)COc2cccc3c2CCC3=O)cc1. The van der Waals surface area contributed by atoms with Crippen molar-refractivity contribution in [1.82, 2.24) is 4.90 Å². The zero-order valence-electron chi connectivity index (χ0n) is 16.2. The molecule has 0 atom stereocenters. The van der Waals surface area contributed by atoms with Gasteiger partial charge in [0.2, 0.25) is 0 Å². The van der Waals surface area contributed by atoms with Crippen molar-refractivity contribution in [2.45, 2.75) is 26.7 Å². The lowest BCUT2D eigenvalue weighted by atomic mass is 10.1. The molecule has 2 amide bonds. The lowest BCUT2D eigenvalue weighted by Gasteiger charge is -2.18. The minimum atomic E-state index is -0.301. The van der Waals surface area contributed by atoms with E-state index >= 15 is 0 Å². The van der Waals surface area contributed by atoms with Crippen LogP contribution in [0.3, 0.4) is 0 Å². The average molecular weight is 380 g/mol. The molecule has 28 heavy (non-hydrogen) atoms. The summed E-state index contributed by atoms with van der Waals surface area (Å²) < 4.78 is 5.63. The van der Waals surface area contributed by atoms with Gasteiger partial charge < -0.3 is 15.0 Å². The number of carbonyl (C=O) groups excluding carboxylic acids is 3. The van der Waals surface area contributed by atoms with Crippen molar-refractivity contribution >= 4 is 23.3 Å². The molecule has 1 aliphatic rings. The first-order valence-corrected chi connectivity index (χ1v) is 9.50. The Bertz CT molecular complexity index is 886. The minimum absolute atomic E-state index is 0.0290. The summed E-state index contributed by atoms with van der Waals surface area (Å²) in [6, 6.07) is 12.1. The summed E-state index contributed by atoms with van der Waals surface area (Å²) in [5.41, 5.74) is 2.74. The Kier molecular flexibility index (Phi) is 6.09. The molecule has 0 aliphatic heterocycles. The van der Waals surface area contributed by atoms with Gasteiger partial charge in [0.1, 0.15) is 5.75 Å². The first kappa shape index (κ1) is 19.6. The van der Waals surface area contributed by atoms with E-state index in [0.29, 0.717) is 48.5 Å². The first-order valence-electron chi connectivity index (χ1n) is 9.50. The number of anilines is 1. The van der Waals surface area contributed by atoms with Crippen molar-refractivity contribution in [2.24, 2.45) is 0 Å². The second-order valence-electron chi connectivity index (χ2n) is 6.60. The maximum atomic E-state index is 12.3. The summed E-state index contributed by atoms with van der Waals surface area (Å²) in [4.78, 5) is 38.0. The lowest BCUT2D eigenvalue weighted by molar-refractivity contribution is -0.118. The standard InChI is InChI=1S/C22H24N2O4/c1-3-24(4-2)22(27)15-8-10-16(11-9-15)23-21(26)14-28-20-7-5-6-17-18(20)12-13-19(17)25/h5-11H,3-4,12-14H2,1-2H3,(H,23,26). The number of hydrogen-bond acceptors (Lipinski definition) is 4. The summed E-state index contributed by atoms with van der Waals surface area (Å²) in [5.74, 6) is 0.367. The lowest BCUT2D eigenvalue weighted by Crippen LogP contribution is -2.30. The number of fused-ring (bicyclic) bond motifs is 1. The van der Waals surface area contributed by atoms with E-state index in [0.717, 1.165) is 5.56 Å². The van der Waals surface area contributed by atoms with Gasteiger partial charge in [0, 0.05) is 41.9 Å². The molecule has 0 saturated carbocycles. The van der Waals surface area contributed by atoms with Gasteiger partial charge in [-0.2, -0.15) is 0 Å². The first-order chi connectivity index (χ1) is 13.5. The highest BCUT2D eigenvalue weighted by molar-refractivity contribution is 6.01. The highest BCUT2D eigenvalue weighted by atomic mass is 16.5. The summed E-state index contributed by atoms with van der Waals surface area (Å²) in [6.45, 7) is 5.03. The maximum absolute atomic E-state index is 12.3. The highest BCUT2D eigenvalue weighted by Crippen LogP contribution is 2.30. The number of ether oxygens (including phenoxy) is 1. The van der Waals surface area contributed by atoms with E-state index in [4.69, 9.17) is 4.74 Å². The number of carbonyl (C=O) groups is 3. The molecule has 3 rings (SSSR count). The second-order valence-corrected chi connectivity index (χ2v) is 6.60. The van der Waals surface area contributed by atoms with Gasteiger partial charge >= 0.3 is 0 Å². The minimum Gasteiger partial charge on any atom is -0.483 e. The number of benzene rings is 2. The van der Waals surface area contributed by atoms with Crippen molar-refractivity contribution in [3.8, 4) is 5.75 Å². The predicted molar refractivity (Wildman–Crippen MR) is 107 cm³/mol. The van der Waals surface area contributed by atoms with Gasteiger partial charge in [0.05, 0.1) is 0 Å². The molecule has 0 aromatic heterocycles. The molecule has 6 heteroatoms. The van der Waals surface area contributed by atoms with Crippen LogP contribution < -0.4 is 10.1 Å².